The highest BCUT2D eigenvalue weighted by Crippen LogP contribution is 2.28. The van der Waals surface area contributed by atoms with Crippen LogP contribution in [0.1, 0.15) is 10.4 Å². The Balaban J connectivity index is 1.99. The zero-order chi connectivity index (χ0) is 14.1. The molecular formula is C13H8FN3O2S. The van der Waals surface area contributed by atoms with Crippen molar-refractivity contribution in [2.24, 2.45) is 0 Å². The third-order valence-corrected chi connectivity index (χ3v) is 3.62. The average molecular weight is 289 g/mol. The second kappa shape index (κ2) is 4.86. The molecule has 1 aromatic carbocycles. The maximum atomic E-state index is 13.9. The Kier molecular flexibility index (Phi) is 3.03. The fourth-order valence-electron chi connectivity index (χ4n) is 1.75. The molecule has 5 nitrogen and oxygen atoms in total. The molecule has 3 rings (SSSR count). The minimum absolute atomic E-state index is 0.1000. The fourth-order valence-corrected chi connectivity index (χ4v) is 2.54. The lowest BCUT2D eigenvalue weighted by Gasteiger charge is -2.07. The molecule has 2 heterocycles. The summed E-state index contributed by atoms with van der Waals surface area (Å²) in [6, 6.07) is 5.52. The number of carbonyl (C=O) groups is 1. The monoisotopic (exact) mass is 289 g/mol. The number of anilines is 2. The Bertz CT molecular complexity index is 803. The van der Waals surface area contributed by atoms with Gasteiger partial charge in [-0.2, -0.15) is 0 Å². The Labute approximate surface area is 116 Å². The van der Waals surface area contributed by atoms with Gasteiger partial charge in [0, 0.05) is 0 Å². The van der Waals surface area contributed by atoms with E-state index in [4.69, 9.17) is 5.11 Å². The van der Waals surface area contributed by atoms with Crippen molar-refractivity contribution in [1.29, 1.82) is 0 Å². The first-order valence-electron chi connectivity index (χ1n) is 5.63. The summed E-state index contributed by atoms with van der Waals surface area (Å²) in [5.41, 5.74) is 0.843. The van der Waals surface area contributed by atoms with Gasteiger partial charge in [-0.1, -0.05) is 0 Å². The van der Waals surface area contributed by atoms with E-state index < -0.39 is 11.8 Å². The second-order valence-corrected chi connectivity index (χ2v) is 4.90. The molecule has 100 valence electrons. The Hall–Kier alpha value is -2.54. The highest BCUT2D eigenvalue weighted by molar-refractivity contribution is 7.17. The number of rotatable bonds is 3. The van der Waals surface area contributed by atoms with Gasteiger partial charge in [0.05, 0.1) is 21.5 Å². The lowest BCUT2D eigenvalue weighted by Crippen LogP contribution is -2.01. The molecule has 3 aromatic rings. The summed E-state index contributed by atoms with van der Waals surface area (Å²) < 4.78 is 14.7. The van der Waals surface area contributed by atoms with E-state index in [0.29, 0.717) is 5.82 Å². The van der Waals surface area contributed by atoms with Crippen molar-refractivity contribution < 1.29 is 14.3 Å². The highest BCUT2D eigenvalue weighted by Gasteiger charge is 2.11. The van der Waals surface area contributed by atoms with Crippen molar-refractivity contribution in [3.05, 3.63) is 47.4 Å². The van der Waals surface area contributed by atoms with E-state index in [-0.39, 0.29) is 11.3 Å². The molecule has 2 N–H and O–H groups in total. The molecule has 0 aliphatic heterocycles. The molecule has 20 heavy (non-hydrogen) atoms. The summed E-state index contributed by atoms with van der Waals surface area (Å²) in [5, 5.41) is 13.5. The number of hydrogen-bond donors (Lipinski definition) is 2. The van der Waals surface area contributed by atoms with Gasteiger partial charge in [0.25, 0.3) is 0 Å². The molecule has 0 radical (unpaired) electrons. The van der Waals surface area contributed by atoms with Crippen LogP contribution in [-0.4, -0.2) is 21.0 Å². The van der Waals surface area contributed by atoms with Crippen LogP contribution >= 0.6 is 11.3 Å². The molecule has 0 unspecified atom stereocenters. The first-order valence-corrected chi connectivity index (χ1v) is 6.51. The maximum absolute atomic E-state index is 13.9. The predicted octanol–water partition coefficient (Wildman–Crippen LogP) is 3.27. The Morgan fingerprint density at radius 2 is 2.15 bits per heavy atom. The normalized spacial score (nSPS) is 10.7. The first kappa shape index (κ1) is 12.5. The molecule has 7 heteroatoms. The van der Waals surface area contributed by atoms with Gasteiger partial charge in [-0.05, 0) is 29.6 Å². The summed E-state index contributed by atoms with van der Waals surface area (Å²) in [7, 11) is 0. The number of benzene rings is 1. The van der Waals surface area contributed by atoms with Crippen LogP contribution in [0.4, 0.5) is 15.9 Å². The number of hydrogen-bond acceptors (Lipinski definition) is 5. The maximum Gasteiger partial charge on any atom is 0.335 e. The molecule has 0 fully saturated rings. The van der Waals surface area contributed by atoms with E-state index >= 15 is 0 Å². The molecule has 2 aromatic heterocycles. The number of aromatic carboxylic acids is 1. The van der Waals surface area contributed by atoms with Crippen molar-refractivity contribution in [3.63, 3.8) is 0 Å². The van der Waals surface area contributed by atoms with Gasteiger partial charge in [-0.3, -0.25) is 0 Å². The van der Waals surface area contributed by atoms with Gasteiger partial charge in [-0.25, -0.2) is 19.2 Å². The predicted molar refractivity (Wildman–Crippen MR) is 74.1 cm³/mol. The second-order valence-electron chi connectivity index (χ2n) is 3.98. The van der Waals surface area contributed by atoms with Crippen LogP contribution in [0.25, 0.3) is 10.2 Å². The van der Waals surface area contributed by atoms with Crippen molar-refractivity contribution in [2.45, 2.75) is 0 Å². The number of halogens is 1. The first-order chi connectivity index (χ1) is 9.65. The largest absolute Gasteiger partial charge is 0.478 e. The Morgan fingerprint density at radius 3 is 2.90 bits per heavy atom. The molecule has 0 spiro atoms. The minimum atomic E-state index is -1.17. The highest BCUT2D eigenvalue weighted by atomic mass is 32.1. The van der Waals surface area contributed by atoms with Gasteiger partial charge in [0.1, 0.15) is 12.1 Å². The number of carboxylic acids is 1. The van der Waals surface area contributed by atoms with Gasteiger partial charge < -0.3 is 10.4 Å². The van der Waals surface area contributed by atoms with Crippen molar-refractivity contribution in [3.8, 4) is 0 Å². The fraction of sp³-hybridized carbons (Fsp3) is 0. The van der Waals surface area contributed by atoms with Gasteiger partial charge in [0.2, 0.25) is 0 Å². The molecule has 0 bridgehead atoms. The van der Waals surface area contributed by atoms with Crippen LogP contribution in [-0.2, 0) is 0 Å². The van der Waals surface area contributed by atoms with Gasteiger partial charge in [0.15, 0.2) is 5.82 Å². The summed E-state index contributed by atoms with van der Waals surface area (Å²) in [5.74, 6) is -1.32. The van der Waals surface area contributed by atoms with Gasteiger partial charge >= 0.3 is 5.97 Å². The van der Waals surface area contributed by atoms with Gasteiger partial charge in [-0.15, -0.1) is 11.3 Å². The minimum Gasteiger partial charge on any atom is -0.478 e. The van der Waals surface area contributed by atoms with Crippen LogP contribution in [0.3, 0.4) is 0 Å². The SMILES string of the molecule is O=C(O)c1ccc(Nc2ncnc3ccsc23)c(F)c1. The van der Waals surface area contributed by atoms with Crippen LogP contribution in [0, 0.1) is 5.82 Å². The third kappa shape index (κ3) is 2.19. The molecule has 0 amide bonds. The zero-order valence-electron chi connectivity index (χ0n) is 10.0. The number of carboxylic acid groups (broad SMARTS) is 1. The third-order valence-electron chi connectivity index (χ3n) is 2.71. The number of thiophene rings is 1. The molecule has 0 aliphatic rings. The van der Waals surface area contributed by atoms with Crippen molar-refractivity contribution in [2.75, 3.05) is 5.32 Å². The molecule has 0 saturated carbocycles. The van der Waals surface area contributed by atoms with Crippen molar-refractivity contribution >= 4 is 39.0 Å². The zero-order valence-corrected chi connectivity index (χ0v) is 10.8. The van der Waals surface area contributed by atoms with E-state index in [1.165, 1.54) is 29.8 Å². The summed E-state index contributed by atoms with van der Waals surface area (Å²) >= 11 is 1.44. The number of nitrogens with one attached hydrogen (secondary N) is 1. The van der Waals surface area contributed by atoms with E-state index in [1.54, 1.807) is 0 Å². The van der Waals surface area contributed by atoms with E-state index in [0.717, 1.165) is 16.3 Å². The van der Waals surface area contributed by atoms with Crippen LogP contribution < -0.4 is 5.32 Å². The standard InChI is InChI=1S/C13H8FN3O2S/c14-8-5-7(13(18)19)1-2-9(8)17-12-11-10(3-4-20-11)15-6-16-12/h1-6H,(H,18,19)(H,15,16,17). The lowest BCUT2D eigenvalue weighted by atomic mass is 10.2. The van der Waals surface area contributed by atoms with Crippen LogP contribution in [0.5, 0.6) is 0 Å². The topological polar surface area (TPSA) is 75.1 Å². The molecular weight excluding hydrogens is 281 g/mol. The molecule has 0 atom stereocenters. The lowest BCUT2D eigenvalue weighted by molar-refractivity contribution is 0.0696. The summed E-state index contributed by atoms with van der Waals surface area (Å²) in [4.78, 5) is 18.9. The average Bonchev–Trinajstić information content (AvgIpc) is 2.90. The number of fused-ring (bicyclic) bond motifs is 1. The smallest absolute Gasteiger partial charge is 0.335 e. The molecule has 0 aliphatic carbocycles. The van der Waals surface area contributed by atoms with Crippen molar-refractivity contribution in [1.82, 2.24) is 9.97 Å². The van der Waals surface area contributed by atoms with E-state index in [2.05, 4.69) is 15.3 Å². The molecule has 0 saturated heterocycles. The van der Waals surface area contributed by atoms with Crippen LogP contribution in [0.15, 0.2) is 36.0 Å². The summed E-state index contributed by atoms with van der Waals surface area (Å²) in [6.07, 6.45) is 1.39. The summed E-state index contributed by atoms with van der Waals surface area (Å²) in [6.45, 7) is 0. The quantitative estimate of drug-likeness (QED) is 0.774. The number of aromatic nitrogens is 2. The van der Waals surface area contributed by atoms with E-state index in [1.807, 2.05) is 11.4 Å². The van der Waals surface area contributed by atoms with Crippen LogP contribution in [0.2, 0.25) is 0 Å². The number of nitrogens with zero attached hydrogens (tertiary/aromatic N) is 2. The Morgan fingerprint density at radius 1 is 1.30 bits per heavy atom. The van der Waals surface area contributed by atoms with E-state index in [9.17, 15) is 9.18 Å².